The Bertz CT molecular complexity index is 1280. The molecule has 11 heteroatoms. The minimum Gasteiger partial charge on any atom is -0.492 e. The zero-order valence-corrected chi connectivity index (χ0v) is 22.2. The Morgan fingerprint density at radius 3 is 2.74 bits per heavy atom. The summed E-state index contributed by atoms with van der Waals surface area (Å²) in [5.41, 5.74) is 1.30. The summed E-state index contributed by atoms with van der Waals surface area (Å²) in [5, 5.41) is 4.66. The van der Waals surface area contributed by atoms with Gasteiger partial charge in [0.1, 0.15) is 30.0 Å². The molecule has 0 atom stereocenters. The molecule has 3 aliphatic heterocycles. The summed E-state index contributed by atoms with van der Waals surface area (Å²) >= 11 is 6.55. The standard InChI is InChI=1S/C27H32ClN5O5/c1-32-8-10-33(11-9-32)12-15-35-19-2-3-20-22(16-19)29-27(38-18-6-13-34-14-7-18)31-26(20)30-24-21(28)4-5-23-25(24)37-17-36-23/h2-5,16,18H,6-15,17H2,1H3,(H,29,30,31). The molecule has 2 saturated heterocycles. The zero-order chi connectivity index (χ0) is 25.9. The van der Waals surface area contributed by atoms with Crippen LogP contribution in [-0.2, 0) is 4.74 Å². The maximum Gasteiger partial charge on any atom is 0.319 e. The predicted molar refractivity (Wildman–Crippen MR) is 144 cm³/mol. The summed E-state index contributed by atoms with van der Waals surface area (Å²) in [6.07, 6.45) is 1.59. The molecule has 0 unspecified atom stereocenters. The lowest BCUT2D eigenvalue weighted by Crippen LogP contribution is -2.45. The molecule has 1 aromatic heterocycles. The Labute approximate surface area is 226 Å². The summed E-state index contributed by atoms with van der Waals surface area (Å²) in [7, 11) is 2.16. The Kier molecular flexibility index (Phi) is 7.55. The first-order valence-electron chi connectivity index (χ1n) is 13.1. The smallest absolute Gasteiger partial charge is 0.319 e. The van der Waals surface area contributed by atoms with E-state index in [9.17, 15) is 0 Å². The Hall–Kier alpha value is -3.05. The van der Waals surface area contributed by atoms with Crippen LogP contribution in [0.3, 0.4) is 0 Å². The van der Waals surface area contributed by atoms with Gasteiger partial charge in [0.15, 0.2) is 11.5 Å². The van der Waals surface area contributed by atoms with E-state index in [0.29, 0.717) is 59.4 Å². The highest BCUT2D eigenvalue weighted by Crippen LogP contribution is 2.45. The number of rotatable bonds is 8. The second-order valence-corrected chi connectivity index (χ2v) is 10.1. The number of hydrogen-bond donors (Lipinski definition) is 1. The fraction of sp³-hybridized carbons (Fsp3) is 0.481. The lowest BCUT2D eigenvalue weighted by Gasteiger charge is -2.32. The third kappa shape index (κ3) is 5.68. The number of hydrogen-bond acceptors (Lipinski definition) is 10. The third-order valence-electron chi connectivity index (χ3n) is 7.09. The van der Waals surface area contributed by atoms with E-state index in [4.69, 9.17) is 45.3 Å². The maximum atomic E-state index is 6.55. The van der Waals surface area contributed by atoms with Gasteiger partial charge in [-0.2, -0.15) is 9.97 Å². The van der Waals surface area contributed by atoms with E-state index in [0.717, 1.165) is 56.7 Å². The molecule has 0 radical (unpaired) electrons. The van der Waals surface area contributed by atoms with Gasteiger partial charge in [0, 0.05) is 57.0 Å². The number of nitrogens with zero attached hydrogens (tertiary/aromatic N) is 4. The van der Waals surface area contributed by atoms with Crippen molar-refractivity contribution in [1.82, 2.24) is 19.8 Å². The molecule has 0 bridgehead atoms. The van der Waals surface area contributed by atoms with E-state index in [-0.39, 0.29) is 12.9 Å². The average Bonchev–Trinajstić information content (AvgIpc) is 3.41. The molecule has 3 aromatic rings. The molecule has 10 nitrogen and oxygen atoms in total. The molecule has 0 aliphatic carbocycles. The van der Waals surface area contributed by atoms with Crippen LogP contribution in [-0.4, -0.2) is 92.3 Å². The van der Waals surface area contributed by atoms with Crippen molar-refractivity contribution in [1.29, 1.82) is 0 Å². The van der Waals surface area contributed by atoms with E-state index >= 15 is 0 Å². The van der Waals surface area contributed by atoms with Crippen LogP contribution in [0.1, 0.15) is 12.8 Å². The van der Waals surface area contributed by atoms with Gasteiger partial charge >= 0.3 is 6.01 Å². The van der Waals surface area contributed by atoms with Crippen molar-refractivity contribution >= 4 is 34.0 Å². The summed E-state index contributed by atoms with van der Waals surface area (Å²) in [6.45, 7) is 7.27. The Balaban J connectivity index is 1.26. The number of fused-ring (bicyclic) bond motifs is 2. The molecule has 38 heavy (non-hydrogen) atoms. The van der Waals surface area contributed by atoms with Crippen LogP contribution in [0, 0.1) is 0 Å². The fourth-order valence-corrected chi connectivity index (χ4v) is 5.01. The van der Waals surface area contributed by atoms with Crippen LogP contribution in [0.4, 0.5) is 11.5 Å². The lowest BCUT2D eigenvalue weighted by atomic mass is 10.1. The summed E-state index contributed by atoms with van der Waals surface area (Å²) in [6, 6.07) is 9.68. The molecule has 2 aromatic carbocycles. The summed E-state index contributed by atoms with van der Waals surface area (Å²) < 4.78 is 29.0. The second kappa shape index (κ2) is 11.4. The first-order valence-corrected chi connectivity index (χ1v) is 13.5. The van der Waals surface area contributed by atoms with E-state index in [1.54, 1.807) is 12.1 Å². The number of ether oxygens (including phenoxy) is 5. The van der Waals surface area contributed by atoms with Crippen molar-refractivity contribution in [2.24, 2.45) is 0 Å². The topological polar surface area (TPSA) is 90.4 Å². The van der Waals surface area contributed by atoms with Gasteiger partial charge in [-0.3, -0.25) is 4.90 Å². The van der Waals surface area contributed by atoms with Gasteiger partial charge < -0.3 is 33.9 Å². The fourth-order valence-electron chi connectivity index (χ4n) is 4.82. The van der Waals surface area contributed by atoms with Crippen molar-refractivity contribution in [3.8, 4) is 23.3 Å². The molecular formula is C27H32ClN5O5. The minimum absolute atomic E-state index is 0.00151. The lowest BCUT2D eigenvalue weighted by molar-refractivity contribution is 0.0219. The van der Waals surface area contributed by atoms with Crippen molar-refractivity contribution in [2.45, 2.75) is 18.9 Å². The largest absolute Gasteiger partial charge is 0.492 e. The molecule has 3 aliphatic rings. The second-order valence-electron chi connectivity index (χ2n) is 9.74. The van der Waals surface area contributed by atoms with Gasteiger partial charge in [0.05, 0.1) is 23.8 Å². The summed E-state index contributed by atoms with van der Waals surface area (Å²) in [4.78, 5) is 14.2. The quantitative estimate of drug-likeness (QED) is 0.452. The van der Waals surface area contributed by atoms with E-state index in [1.807, 2.05) is 18.2 Å². The normalized spacial score (nSPS) is 18.6. The summed E-state index contributed by atoms with van der Waals surface area (Å²) in [5.74, 6) is 2.50. The number of benzene rings is 2. The van der Waals surface area contributed by atoms with E-state index < -0.39 is 0 Å². The Morgan fingerprint density at radius 1 is 1.05 bits per heavy atom. The number of halogens is 1. The highest BCUT2D eigenvalue weighted by Gasteiger charge is 2.23. The zero-order valence-electron chi connectivity index (χ0n) is 21.5. The molecule has 0 saturated carbocycles. The van der Waals surface area contributed by atoms with Crippen molar-refractivity contribution in [2.75, 3.05) is 71.7 Å². The van der Waals surface area contributed by atoms with E-state index in [2.05, 4.69) is 22.2 Å². The molecule has 0 spiro atoms. The highest BCUT2D eigenvalue weighted by molar-refractivity contribution is 6.34. The van der Waals surface area contributed by atoms with Gasteiger partial charge in [-0.1, -0.05) is 11.6 Å². The Morgan fingerprint density at radius 2 is 1.89 bits per heavy atom. The van der Waals surface area contributed by atoms with Crippen molar-refractivity contribution < 1.29 is 23.7 Å². The first kappa shape index (κ1) is 25.2. The average molecular weight is 542 g/mol. The molecule has 6 rings (SSSR count). The number of likely N-dealkylation sites (N-methyl/N-ethyl adjacent to an activating group) is 1. The number of nitrogens with one attached hydrogen (secondary N) is 1. The number of piperazine rings is 1. The van der Waals surface area contributed by atoms with Gasteiger partial charge in [-0.15, -0.1) is 0 Å². The highest BCUT2D eigenvalue weighted by atomic mass is 35.5. The molecular weight excluding hydrogens is 510 g/mol. The van der Waals surface area contributed by atoms with Gasteiger partial charge in [-0.05, 0) is 31.3 Å². The van der Waals surface area contributed by atoms with Gasteiger partial charge in [-0.25, -0.2) is 0 Å². The molecule has 4 heterocycles. The molecule has 202 valence electrons. The van der Waals surface area contributed by atoms with E-state index in [1.165, 1.54) is 0 Å². The van der Waals surface area contributed by atoms with Gasteiger partial charge in [0.25, 0.3) is 0 Å². The molecule has 0 amide bonds. The van der Waals surface area contributed by atoms with Crippen molar-refractivity contribution in [3.05, 3.63) is 35.4 Å². The first-order chi connectivity index (χ1) is 18.6. The van der Waals surface area contributed by atoms with Crippen LogP contribution >= 0.6 is 11.6 Å². The number of aromatic nitrogens is 2. The SMILES string of the molecule is CN1CCN(CCOc2ccc3c(Nc4c(Cl)ccc5c4OCO5)nc(OC4CCOCC4)nc3c2)CC1. The van der Waals surface area contributed by atoms with Crippen LogP contribution in [0.2, 0.25) is 5.02 Å². The van der Waals surface area contributed by atoms with Crippen molar-refractivity contribution in [3.63, 3.8) is 0 Å². The van der Waals surface area contributed by atoms with Crippen LogP contribution in [0.15, 0.2) is 30.3 Å². The predicted octanol–water partition coefficient (Wildman–Crippen LogP) is 3.94. The molecule has 2 fully saturated rings. The van der Waals surface area contributed by atoms with Crippen LogP contribution in [0.5, 0.6) is 23.3 Å². The number of anilines is 2. The van der Waals surface area contributed by atoms with Gasteiger partial charge in [0.2, 0.25) is 6.79 Å². The third-order valence-corrected chi connectivity index (χ3v) is 7.41. The minimum atomic E-state index is -0.00151. The maximum absolute atomic E-state index is 6.55. The monoisotopic (exact) mass is 541 g/mol. The van der Waals surface area contributed by atoms with Crippen LogP contribution < -0.4 is 24.3 Å². The van der Waals surface area contributed by atoms with Crippen LogP contribution in [0.25, 0.3) is 10.9 Å². The molecule has 1 N–H and O–H groups in total.